The van der Waals surface area contributed by atoms with E-state index in [9.17, 15) is 9.90 Å². The summed E-state index contributed by atoms with van der Waals surface area (Å²) in [6.45, 7) is 0.715. The van der Waals surface area contributed by atoms with Gasteiger partial charge in [0.2, 0.25) is 5.91 Å². The van der Waals surface area contributed by atoms with Gasteiger partial charge < -0.3 is 20.7 Å². The number of benzene rings is 1. The number of carbonyl (C=O) groups is 1. The van der Waals surface area contributed by atoms with Crippen LogP contribution in [0.2, 0.25) is 0 Å². The van der Waals surface area contributed by atoms with Crippen molar-refractivity contribution >= 4 is 5.91 Å². The normalized spacial score (nSPS) is 12.3. The molecule has 1 atom stereocenters. The fourth-order valence-electron chi connectivity index (χ4n) is 1.65. The molecule has 1 aromatic heterocycles. The average Bonchev–Trinajstić information content (AvgIpc) is 2.93. The smallest absolute Gasteiger partial charge is 0.247 e. The van der Waals surface area contributed by atoms with Gasteiger partial charge in [0, 0.05) is 31.2 Å². The zero-order chi connectivity index (χ0) is 13.7. The van der Waals surface area contributed by atoms with Crippen molar-refractivity contribution in [1.29, 1.82) is 0 Å². The number of carbonyl (C=O) groups excluding carboxylic acids is 1. The molecular formula is C13H16N4O2. The van der Waals surface area contributed by atoms with Crippen LogP contribution < -0.4 is 11.1 Å². The Balaban J connectivity index is 1.87. The Bertz CT molecular complexity index is 522. The van der Waals surface area contributed by atoms with E-state index in [0.29, 0.717) is 6.54 Å². The number of rotatable bonds is 6. The lowest BCUT2D eigenvalue weighted by molar-refractivity contribution is -0.125. The number of nitrogens with zero attached hydrogens (tertiary/aromatic N) is 2. The second-order valence-electron chi connectivity index (χ2n) is 4.19. The second-order valence-corrected chi connectivity index (χ2v) is 4.19. The number of hydrogen-bond donors (Lipinski definition) is 3. The molecule has 0 aliphatic rings. The molecule has 1 unspecified atom stereocenters. The Labute approximate surface area is 110 Å². The molecule has 0 spiro atoms. The van der Waals surface area contributed by atoms with Crippen LogP contribution in [0.3, 0.4) is 0 Å². The number of aliphatic hydroxyl groups excluding tert-OH is 1. The first-order valence-corrected chi connectivity index (χ1v) is 5.92. The molecule has 0 radical (unpaired) electrons. The predicted molar refractivity (Wildman–Crippen MR) is 70.5 cm³/mol. The van der Waals surface area contributed by atoms with Crippen molar-refractivity contribution < 1.29 is 9.90 Å². The van der Waals surface area contributed by atoms with Gasteiger partial charge in [-0.25, -0.2) is 4.98 Å². The summed E-state index contributed by atoms with van der Waals surface area (Å²) >= 11 is 0. The van der Waals surface area contributed by atoms with Crippen molar-refractivity contribution in [3.05, 3.63) is 48.5 Å². The largest absolute Gasteiger partial charge is 0.382 e. The number of amides is 1. The number of aliphatic hydroxyl groups is 1. The van der Waals surface area contributed by atoms with Gasteiger partial charge >= 0.3 is 0 Å². The van der Waals surface area contributed by atoms with Crippen LogP contribution in [-0.4, -0.2) is 33.2 Å². The van der Waals surface area contributed by atoms with E-state index in [1.807, 2.05) is 35.0 Å². The standard InChI is InChI=1S/C13H16N4O2/c14-13(19)12(18)8-16-7-10-1-3-11(4-2-10)17-6-5-15-9-17/h1-6,9,12,16,18H,7-8H2,(H2,14,19). The van der Waals surface area contributed by atoms with Crippen molar-refractivity contribution in [2.45, 2.75) is 12.6 Å². The van der Waals surface area contributed by atoms with Crippen LogP contribution in [0.25, 0.3) is 5.69 Å². The third-order valence-electron chi connectivity index (χ3n) is 2.73. The molecule has 2 rings (SSSR count). The van der Waals surface area contributed by atoms with Gasteiger partial charge in [-0.15, -0.1) is 0 Å². The number of nitrogens with one attached hydrogen (secondary N) is 1. The highest BCUT2D eigenvalue weighted by Gasteiger charge is 2.09. The molecule has 6 heteroatoms. The second kappa shape index (κ2) is 6.12. The number of hydrogen-bond acceptors (Lipinski definition) is 4. The minimum absolute atomic E-state index is 0.151. The summed E-state index contributed by atoms with van der Waals surface area (Å²) in [6.07, 6.45) is 4.18. The SMILES string of the molecule is NC(=O)C(O)CNCc1ccc(-n2ccnc2)cc1. The van der Waals surface area contributed by atoms with E-state index in [4.69, 9.17) is 5.73 Å². The van der Waals surface area contributed by atoms with Crippen molar-refractivity contribution in [2.24, 2.45) is 5.73 Å². The zero-order valence-corrected chi connectivity index (χ0v) is 10.4. The van der Waals surface area contributed by atoms with Gasteiger partial charge in [-0.2, -0.15) is 0 Å². The van der Waals surface area contributed by atoms with Crippen molar-refractivity contribution in [2.75, 3.05) is 6.54 Å². The zero-order valence-electron chi connectivity index (χ0n) is 10.4. The van der Waals surface area contributed by atoms with Crippen molar-refractivity contribution in [1.82, 2.24) is 14.9 Å². The summed E-state index contributed by atoms with van der Waals surface area (Å²) in [6, 6.07) is 7.89. The lowest BCUT2D eigenvalue weighted by atomic mass is 10.2. The van der Waals surface area contributed by atoms with Crippen LogP contribution in [0, 0.1) is 0 Å². The summed E-state index contributed by atoms with van der Waals surface area (Å²) in [7, 11) is 0. The Morgan fingerprint density at radius 3 is 2.74 bits per heavy atom. The molecule has 0 bridgehead atoms. The Hall–Kier alpha value is -2.18. The lowest BCUT2D eigenvalue weighted by Crippen LogP contribution is -2.37. The lowest BCUT2D eigenvalue weighted by Gasteiger charge is -2.09. The van der Waals surface area contributed by atoms with Gasteiger partial charge in [0.05, 0.1) is 6.33 Å². The fourth-order valence-corrected chi connectivity index (χ4v) is 1.65. The summed E-state index contributed by atoms with van der Waals surface area (Å²) in [5, 5.41) is 12.2. The third kappa shape index (κ3) is 3.64. The van der Waals surface area contributed by atoms with Crippen molar-refractivity contribution in [3.63, 3.8) is 0 Å². The molecule has 4 N–H and O–H groups in total. The predicted octanol–water partition coefficient (Wildman–Crippen LogP) is -0.192. The first kappa shape index (κ1) is 13.3. The van der Waals surface area contributed by atoms with Crippen LogP contribution in [0.15, 0.2) is 43.0 Å². The monoisotopic (exact) mass is 260 g/mol. The van der Waals surface area contributed by atoms with Crippen molar-refractivity contribution in [3.8, 4) is 5.69 Å². The molecule has 0 saturated carbocycles. The molecule has 6 nitrogen and oxygen atoms in total. The number of aromatic nitrogens is 2. The van der Waals surface area contributed by atoms with Gasteiger partial charge in [0.1, 0.15) is 6.10 Å². The van der Waals surface area contributed by atoms with Crippen LogP contribution in [0.4, 0.5) is 0 Å². The van der Waals surface area contributed by atoms with Crippen LogP contribution in [0.5, 0.6) is 0 Å². The van der Waals surface area contributed by atoms with Gasteiger partial charge in [0.25, 0.3) is 0 Å². The number of nitrogens with two attached hydrogens (primary N) is 1. The van der Waals surface area contributed by atoms with Gasteiger partial charge in [-0.05, 0) is 17.7 Å². The van der Waals surface area contributed by atoms with Crippen LogP contribution in [-0.2, 0) is 11.3 Å². The van der Waals surface area contributed by atoms with E-state index in [-0.39, 0.29) is 6.54 Å². The maximum Gasteiger partial charge on any atom is 0.247 e. The Morgan fingerprint density at radius 2 is 2.16 bits per heavy atom. The topological polar surface area (TPSA) is 93.2 Å². The molecule has 0 saturated heterocycles. The third-order valence-corrected chi connectivity index (χ3v) is 2.73. The van der Waals surface area contributed by atoms with E-state index in [0.717, 1.165) is 11.3 Å². The first-order chi connectivity index (χ1) is 9.16. The molecule has 0 fully saturated rings. The summed E-state index contributed by atoms with van der Waals surface area (Å²) < 4.78 is 1.91. The van der Waals surface area contributed by atoms with Crippen LogP contribution >= 0.6 is 0 Å². The molecule has 19 heavy (non-hydrogen) atoms. The number of primary amides is 1. The minimum atomic E-state index is -1.15. The molecule has 1 aromatic carbocycles. The Kier molecular flexibility index (Phi) is 4.27. The Morgan fingerprint density at radius 1 is 1.42 bits per heavy atom. The van der Waals surface area contributed by atoms with Crippen LogP contribution in [0.1, 0.15) is 5.56 Å². The first-order valence-electron chi connectivity index (χ1n) is 5.92. The molecule has 0 aliphatic heterocycles. The minimum Gasteiger partial charge on any atom is -0.382 e. The van der Waals surface area contributed by atoms with Gasteiger partial charge in [-0.3, -0.25) is 4.79 Å². The molecule has 1 heterocycles. The molecule has 100 valence electrons. The molecular weight excluding hydrogens is 244 g/mol. The van der Waals surface area contributed by atoms with Gasteiger partial charge in [0.15, 0.2) is 0 Å². The maximum atomic E-state index is 10.6. The fraction of sp³-hybridized carbons (Fsp3) is 0.231. The quantitative estimate of drug-likeness (QED) is 0.671. The summed E-state index contributed by atoms with van der Waals surface area (Å²) in [4.78, 5) is 14.6. The van der Waals surface area contributed by atoms with E-state index >= 15 is 0 Å². The van der Waals surface area contributed by atoms with E-state index in [2.05, 4.69) is 10.3 Å². The summed E-state index contributed by atoms with van der Waals surface area (Å²) in [5.74, 6) is -0.719. The van der Waals surface area contributed by atoms with E-state index in [1.54, 1.807) is 12.5 Å². The molecule has 1 amide bonds. The van der Waals surface area contributed by atoms with E-state index in [1.165, 1.54) is 0 Å². The average molecular weight is 260 g/mol. The molecule has 2 aromatic rings. The summed E-state index contributed by atoms with van der Waals surface area (Å²) in [5.41, 5.74) is 7.03. The van der Waals surface area contributed by atoms with E-state index < -0.39 is 12.0 Å². The highest BCUT2D eigenvalue weighted by atomic mass is 16.3. The maximum absolute atomic E-state index is 10.6. The highest BCUT2D eigenvalue weighted by Crippen LogP contribution is 2.08. The molecule has 0 aliphatic carbocycles. The van der Waals surface area contributed by atoms with Gasteiger partial charge in [-0.1, -0.05) is 12.1 Å². The highest BCUT2D eigenvalue weighted by molar-refractivity contribution is 5.78. The number of imidazole rings is 1.